The Hall–Kier alpha value is -4.45. The van der Waals surface area contributed by atoms with Crippen molar-refractivity contribution in [3.8, 4) is 16.9 Å². The lowest BCUT2D eigenvalue weighted by atomic mass is 10.1. The van der Waals surface area contributed by atoms with Crippen LogP contribution in [0.3, 0.4) is 0 Å². The third-order valence-electron chi connectivity index (χ3n) is 5.66. The Bertz CT molecular complexity index is 1480. The fraction of sp³-hybridized carbons (Fsp3) is 0.107. The fourth-order valence-corrected chi connectivity index (χ4v) is 4.20. The van der Waals surface area contributed by atoms with Gasteiger partial charge in [-0.25, -0.2) is 0 Å². The number of benzene rings is 3. The number of carbonyl (C=O) groups excluding carboxylic acids is 1. The lowest BCUT2D eigenvalue weighted by Crippen LogP contribution is -2.18. The van der Waals surface area contributed by atoms with Crippen LogP contribution in [0.2, 0.25) is 0 Å². The van der Waals surface area contributed by atoms with Crippen molar-refractivity contribution >= 4 is 11.6 Å². The molecule has 34 heavy (non-hydrogen) atoms. The molecule has 0 bridgehead atoms. The largest absolute Gasteiger partial charge is 0.348 e. The number of para-hydroxylation sites is 1. The molecular weight excluding hydrogens is 424 g/mol. The number of aromatic nitrogens is 3. The van der Waals surface area contributed by atoms with E-state index in [1.165, 1.54) is 4.68 Å². The molecule has 3 aromatic rings. The smallest absolute Gasteiger partial charge is 0.282 e. The van der Waals surface area contributed by atoms with E-state index in [2.05, 4.69) is 16.5 Å². The van der Waals surface area contributed by atoms with E-state index in [1.54, 1.807) is 12.4 Å². The molecule has 5 rings (SSSR count). The van der Waals surface area contributed by atoms with Gasteiger partial charge in [-0.05, 0) is 54.8 Å². The van der Waals surface area contributed by atoms with Gasteiger partial charge in [0.2, 0.25) is 0 Å². The minimum atomic E-state index is -0.310. The standard InChI is InChI=1S/C28H24N4O2/c1-19-13-20(2)15-22(14-19)29-27(33)24-17-31(16-21-9-5-3-6-10-21)18-25-26(24)30-32(28(25)34)23-11-7-4-8-12-23/h3-15,17-18H,16H2,1-2H3,(H,29,33). The van der Waals surface area contributed by atoms with Crippen molar-refractivity contribution in [1.29, 1.82) is 0 Å². The average Bonchev–Trinajstić information content (AvgIpc) is 3.15. The van der Waals surface area contributed by atoms with Gasteiger partial charge >= 0.3 is 0 Å². The van der Waals surface area contributed by atoms with Crippen LogP contribution in [-0.4, -0.2) is 20.3 Å². The number of hydrogen-bond acceptors (Lipinski definition) is 3. The average molecular weight is 449 g/mol. The van der Waals surface area contributed by atoms with Gasteiger partial charge in [-0.2, -0.15) is 9.78 Å². The zero-order valence-electron chi connectivity index (χ0n) is 19.0. The predicted molar refractivity (Wildman–Crippen MR) is 134 cm³/mol. The molecule has 0 spiro atoms. The summed E-state index contributed by atoms with van der Waals surface area (Å²) in [5.74, 6) is -0.310. The Kier molecular flexibility index (Phi) is 5.55. The SMILES string of the molecule is Cc1cc(C)cc(NC(=O)c2cn(Cc3ccccc3)cc3c(=O)n(-c4ccccc4)nc2-3)c1. The molecule has 168 valence electrons. The van der Waals surface area contributed by atoms with Crippen molar-refractivity contribution < 1.29 is 4.79 Å². The van der Waals surface area contributed by atoms with Gasteiger partial charge in [0.15, 0.2) is 0 Å². The van der Waals surface area contributed by atoms with Gasteiger partial charge < -0.3 is 9.88 Å². The first-order valence-electron chi connectivity index (χ1n) is 11.1. The summed E-state index contributed by atoms with van der Waals surface area (Å²) >= 11 is 0. The van der Waals surface area contributed by atoms with Crippen LogP contribution in [0.25, 0.3) is 16.9 Å². The van der Waals surface area contributed by atoms with Crippen LogP contribution in [0.15, 0.2) is 96.1 Å². The molecule has 2 aliphatic rings. The highest BCUT2D eigenvalue weighted by atomic mass is 16.2. The number of nitrogens with one attached hydrogen (secondary N) is 1. The molecule has 6 nitrogen and oxygen atoms in total. The predicted octanol–water partition coefficient (Wildman–Crippen LogP) is 5.06. The zero-order chi connectivity index (χ0) is 23.7. The molecule has 0 aromatic heterocycles. The maximum Gasteiger partial charge on any atom is 0.282 e. The minimum Gasteiger partial charge on any atom is -0.348 e. The van der Waals surface area contributed by atoms with E-state index >= 15 is 0 Å². The number of hydrogen-bond donors (Lipinski definition) is 1. The van der Waals surface area contributed by atoms with Crippen molar-refractivity contribution in [1.82, 2.24) is 14.3 Å². The lowest BCUT2D eigenvalue weighted by Gasteiger charge is -2.13. The third-order valence-corrected chi connectivity index (χ3v) is 5.66. The summed E-state index contributed by atoms with van der Waals surface area (Å²) in [7, 11) is 0. The number of aryl methyl sites for hydroxylation is 2. The first-order chi connectivity index (χ1) is 16.5. The molecule has 0 radical (unpaired) electrons. The van der Waals surface area contributed by atoms with Gasteiger partial charge in [-0.15, -0.1) is 0 Å². The Morgan fingerprint density at radius 3 is 2.21 bits per heavy atom. The molecular formula is C28H24N4O2. The number of anilines is 1. The van der Waals surface area contributed by atoms with E-state index in [0.29, 0.717) is 34.7 Å². The summed E-state index contributed by atoms with van der Waals surface area (Å²) in [5.41, 5.74) is 5.40. The minimum absolute atomic E-state index is 0.260. The maximum atomic E-state index is 13.4. The molecule has 1 N–H and O–H groups in total. The number of fused-ring (bicyclic) bond motifs is 1. The number of rotatable bonds is 5. The first-order valence-corrected chi connectivity index (χ1v) is 11.1. The number of pyridine rings is 1. The Morgan fingerprint density at radius 2 is 1.53 bits per heavy atom. The van der Waals surface area contributed by atoms with Crippen LogP contribution in [0, 0.1) is 13.8 Å². The van der Waals surface area contributed by atoms with E-state index in [9.17, 15) is 9.59 Å². The topological polar surface area (TPSA) is 68.9 Å². The summed E-state index contributed by atoms with van der Waals surface area (Å²) in [6.07, 6.45) is 3.53. The molecule has 0 saturated heterocycles. The molecule has 0 fully saturated rings. The van der Waals surface area contributed by atoms with Crippen molar-refractivity contribution in [2.24, 2.45) is 0 Å². The summed E-state index contributed by atoms with van der Waals surface area (Å²) in [4.78, 5) is 26.7. The highest BCUT2D eigenvalue weighted by Gasteiger charge is 2.24. The molecule has 1 amide bonds. The molecule has 2 heterocycles. The summed E-state index contributed by atoms with van der Waals surface area (Å²) in [6, 6.07) is 25.0. The van der Waals surface area contributed by atoms with Crippen LogP contribution in [0.5, 0.6) is 0 Å². The third kappa shape index (κ3) is 4.26. The van der Waals surface area contributed by atoms with Crippen molar-refractivity contribution in [2.45, 2.75) is 20.4 Å². The van der Waals surface area contributed by atoms with Crippen LogP contribution in [-0.2, 0) is 6.54 Å². The highest BCUT2D eigenvalue weighted by molar-refractivity contribution is 6.08. The van der Waals surface area contributed by atoms with Crippen LogP contribution < -0.4 is 10.9 Å². The maximum absolute atomic E-state index is 13.4. The number of nitrogens with zero attached hydrogens (tertiary/aromatic N) is 3. The molecule has 0 atom stereocenters. The molecule has 3 aromatic carbocycles. The quantitative estimate of drug-likeness (QED) is 0.409. The second kappa shape index (κ2) is 8.83. The van der Waals surface area contributed by atoms with Crippen LogP contribution in [0.4, 0.5) is 5.69 Å². The number of amides is 1. The van der Waals surface area contributed by atoms with E-state index < -0.39 is 0 Å². The van der Waals surface area contributed by atoms with E-state index in [-0.39, 0.29) is 11.5 Å². The second-order valence-electron chi connectivity index (χ2n) is 8.48. The van der Waals surface area contributed by atoms with Crippen molar-refractivity contribution in [2.75, 3.05) is 5.32 Å². The van der Waals surface area contributed by atoms with E-state index in [0.717, 1.165) is 16.7 Å². The van der Waals surface area contributed by atoms with Gasteiger partial charge in [-0.1, -0.05) is 54.6 Å². The molecule has 0 aliphatic carbocycles. The molecule has 0 saturated carbocycles. The monoisotopic (exact) mass is 448 g/mol. The number of carbonyl (C=O) groups is 1. The zero-order valence-corrected chi connectivity index (χ0v) is 19.0. The summed E-state index contributed by atoms with van der Waals surface area (Å²) in [5, 5.41) is 7.55. The van der Waals surface area contributed by atoms with Crippen LogP contribution in [0.1, 0.15) is 27.0 Å². The van der Waals surface area contributed by atoms with Gasteiger partial charge in [0, 0.05) is 24.6 Å². The van der Waals surface area contributed by atoms with Crippen molar-refractivity contribution in [3.05, 3.63) is 124 Å². The molecule has 0 unspecified atom stereocenters. The van der Waals surface area contributed by atoms with Crippen molar-refractivity contribution in [3.63, 3.8) is 0 Å². The lowest BCUT2D eigenvalue weighted by molar-refractivity contribution is 0.102. The van der Waals surface area contributed by atoms with E-state index in [4.69, 9.17) is 0 Å². The van der Waals surface area contributed by atoms with Gasteiger partial charge in [-0.3, -0.25) is 9.59 Å². The fourth-order valence-electron chi connectivity index (χ4n) is 4.20. The second-order valence-corrected chi connectivity index (χ2v) is 8.48. The van der Waals surface area contributed by atoms with Crippen LogP contribution >= 0.6 is 0 Å². The molecule has 6 heteroatoms. The van der Waals surface area contributed by atoms with Gasteiger partial charge in [0.1, 0.15) is 5.69 Å². The molecule has 2 aliphatic heterocycles. The summed E-state index contributed by atoms with van der Waals surface area (Å²) in [6.45, 7) is 4.50. The van der Waals surface area contributed by atoms with Gasteiger partial charge in [0.25, 0.3) is 11.5 Å². The Labute approximate surface area is 197 Å². The Balaban J connectivity index is 1.63. The summed E-state index contributed by atoms with van der Waals surface area (Å²) < 4.78 is 3.22. The van der Waals surface area contributed by atoms with E-state index in [1.807, 2.05) is 91.2 Å². The highest BCUT2D eigenvalue weighted by Crippen LogP contribution is 2.24. The Morgan fingerprint density at radius 1 is 0.882 bits per heavy atom. The normalized spacial score (nSPS) is 11.0. The first kappa shape index (κ1) is 21.4. The van der Waals surface area contributed by atoms with Gasteiger partial charge in [0.05, 0.1) is 16.8 Å².